The van der Waals surface area contributed by atoms with Gasteiger partial charge in [0.15, 0.2) is 5.82 Å². The Kier molecular flexibility index (Phi) is 6.97. The zero-order valence-corrected chi connectivity index (χ0v) is 25.6. The Morgan fingerprint density at radius 1 is 1.13 bits per heavy atom. The van der Waals surface area contributed by atoms with Crippen LogP contribution >= 0.6 is 11.6 Å². The van der Waals surface area contributed by atoms with E-state index in [-0.39, 0.29) is 47.7 Å². The topological polar surface area (TPSA) is 98.9 Å². The van der Waals surface area contributed by atoms with Crippen LogP contribution in [0.3, 0.4) is 0 Å². The molecule has 6 heterocycles. The molecule has 4 fully saturated rings. The largest absolute Gasteiger partial charge is 0.477 e. The molecule has 1 saturated carbocycles. The molecule has 3 aromatic rings. The van der Waals surface area contributed by atoms with Gasteiger partial charge >= 0.3 is 12.2 Å². The molecular weight excluding hydrogens is 635 g/mol. The number of fused-ring (bicyclic) bond motifs is 4. The maximum absolute atomic E-state index is 16.8. The first-order valence-corrected chi connectivity index (χ1v) is 16.0. The molecule has 15 heteroatoms. The average molecular weight is 667 g/mol. The van der Waals surface area contributed by atoms with Crippen LogP contribution in [0.15, 0.2) is 12.1 Å². The van der Waals surface area contributed by atoms with Gasteiger partial charge < -0.3 is 24.8 Å². The molecule has 9 nitrogen and oxygen atoms in total. The van der Waals surface area contributed by atoms with Crippen LogP contribution in [0.25, 0.3) is 22.2 Å². The predicted molar refractivity (Wildman–Crippen MR) is 159 cm³/mol. The van der Waals surface area contributed by atoms with Crippen LogP contribution in [-0.2, 0) is 10.9 Å². The number of halogens is 6. The lowest BCUT2D eigenvalue weighted by molar-refractivity contribution is -0.137. The normalized spacial score (nSPS) is 27.1. The van der Waals surface area contributed by atoms with Gasteiger partial charge in [-0.3, -0.25) is 4.90 Å². The lowest BCUT2D eigenvalue weighted by atomic mass is 9.74. The summed E-state index contributed by atoms with van der Waals surface area (Å²) >= 11 is 6.03. The summed E-state index contributed by atoms with van der Waals surface area (Å²) in [6.07, 6.45) is -0.875. The summed E-state index contributed by atoms with van der Waals surface area (Å²) < 4.78 is 92.5. The minimum Gasteiger partial charge on any atom is -0.477 e. The SMILES string of the molecule is Nc1cc(Cl)c(C(F)(F)F)c(-c2nc3c4c(nc(OC[C@@]56CCCN5C[C@H](F)C6)nc4c2F)N2C(CCO3)COCC23CCC3)c1. The number of pyridine rings is 1. The van der Waals surface area contributed by atoms with Crippen molar-refractivity contribution in [3.63, 3.8) is 0 Å². The molecule has 1 aromatic carbocycles. The molecule has 8 rings (SSSR count). The number of nitrogen functional groups attached to an aromatic ring is 1. The Morgan fingerprint density at radius 2 is 1.96 bits per heavy atom. The van der Waals surface area contributed by atoms with Gasteiger partial charge in [-0.2, -0.15) is 23.1 Å². The first kappa shape index (κ1) is 30.1. The van der Waals surface area contributed by atoms with Gasteiger partial charge in [-0.1, -0.05) is 11.6 Å². The van der Waals surface area contributed by atoms with Gasteiger partial charge in [-0.05, 0) is 50.8 Å². The second-order valence-corrected chi connectivity index (χ2v) is 13.6. The zero-order chi connectivity index (χ0) is 32.0. The highest BCUT2D eigenvalue weighted by molar-refractivity contribution is 6.32. The van der Waals surface area contributed by atoms with E-state index < -0.39 is 51.1 Å². The van der Waals surface area contributed by atoms with Crippen LogP contribution in [0.4, 0.5) is 33.5 Å². The number of morpholine rings is 1. The standard InChI is InChI=1S/C31H32ClF5N6O3/c32-20-10-17(38)9-19(22(20)31(35,36)37)24-23(34)25-21-26(41-28(40-25)46-15-30-6-2-7-42(30)12-16(33)11-30)43-18(3-8-45-27(21)39-24)13-44-14-29(43)4-1-5-29/h9-10,16,18H,1-8,11-15,38H2/t16-,18?,30+/m1/s1. The van der Waals surface area contributed by atoms with Crippen molar-refractivity contribution in [1.29, 1.82) is 0 Å². The molecule has 1 spiro atoms. The number of anilines is 2. The second-order valence-electron chi connectivity index (χ2n) is 13.2. The van der Waals surface area contributed by atoms with Gasteiger partial charge in [-0.25, -0.2) is 13.8 Å². The second kappa shape index (κ2) is 10.6. The predicted octanol–water partition coefficient (Wildman–Crippen LogP) is 5.95. The third-order valence-corrected chi connectivity index (χ3v) is 10.7. The van der Waals surface area contributed by atoms with E-state index in [1.165, 1.54) is 0 Å². The van der Waals surface area contributed by atoms with Crippen molar-refractivity contribution in [2.24, 2.45) is 0 Å². The summed E-state index contributed by atoms with van der Waals surface area (Å²) in [6.45, 7) is 2.14. The highest BCUT2D eigenvalue weighted by atomic mass is 35.5. The number of nitrogens with two attached hydrogens (primary N) is 1. The van der Waals surface area contributed by atoms with Gasteiger partial charge in [0.1, 0.15) is 35.2 Å². The number of aromatic nitrogens is 3. The van der Waals surface area contributed by atoms with E-state index in [0.29, 0.717) is 38.4 Å². The van der Waals surface area contributed by atoms with Crippen molar-refractivity contribution in [2.45, 2.75) is 74.4 Å². The zero-order valence-electron chi connectivity index (χ0n) is 24.8. The van der Waals surface area contributed by atoms with Gasteiger partial charge in [0.05, 0.1) is 47.5 Å². The third-order valence-electron chi connectivity index (χ3n) is 10.4. The molecule has 2 aromatic heterocycles. The van der Waals surface area contributed by atoms with E-state index in [9.17, 15) is 17.6 Å². The molecule has 1 aliphatic carbocycles. The van der Waals surface area contributed by atoms with Gasteiger partial charge in [0, 0.05) is 30.6 Å². The third kappa shape index (κ3) is 4.65. The fourth-order valence-electron chi connectivity index (χ4n) is 8.16. The summed E-state index contributed by atoms with van der Waals surface area (Å²) in [5, 5.41) is -0.550. The Morgan fingerprint density at radius 3 is 2.72 bits per heavy atom. The number of hydrogen-bond acceptors (Lipinski definition) is 9. The van der Waals surface area contributed by atoms with Crippen LogP contribution in [-0.4, -0.2) is 82.7 Å². The lowest BCUT2D eigenvalue weighted by Crippen LogP contribution is -2.66. The summed E-state index contributed by atoms with van der Waals surface area (Å²) in [7, 11) is 0. The molecule has 0 bridgehead atoms. The van der Waals surface area contributed by atoms with Gasteiger partial charge in [0.25, 0.3) is 0 Å². The van der Waals surface area contributed by atoms with Crippen LogP contribution in [0, 0.1) is 5.82 Å². The molecule has 1 unspecified atom stereocenters. The molecule has 4 aliphatic heterocycles. The fraction of sp³-hybridized carbons (Fsp3) is 0.581. The molecule has 3 atom stereocenters. The summed E-state index contributed by atoms with van der Waals surface area (Å²) in [5.41, 5.74) is 1.99. The number of alkyl halides is 4. The monoisotopic (exact) mass is 666 g/mol. The maximum Gasteiger partial charge on any atom is 0.418 e. The summed E-state index contributed by atoms with van der Waals surface area (Å²) in [4.78, 5) is 17.8. The number of nitrogens with zero attached hydrogens (tertiary/aromatic N) is 5. The number of benzene rings is 1. The minimum absolute atomic E-state index is 0.0853. The van der Waals surface area contributed by atoms with Gasteiger partial charge in [0.2, 0.25) is 5.88 Å². The van der Waals surface area contributed by atoms with E-state index in [0.717, 1.165) is 50.8 Å². The molecule has 3 saturated heterocycles. The number of rotatable bonds is 4. The minimum atomic E-state index is -4.94. The molecule has 246 valence electrons. The van der Waals surface area contributed by atoms with Crippen LogP contribution < -0.4 is 20.1 Å². The Bertz CT molecular complexity index is 1720. The van der Waals surface area contributed by atoms with E-state index in [2.05, 4.69) is 19.8 Å². The van der Waals surface area contributed by atoms with Gasteiger partial charge in [-0.15, -0.1) is 0 Å². The van der Waals surface area contributed by atoms with Crippen molar-refractivity contribution >= 4 is 34.0 Å². The van der Waals surface area contributed by atoms with E-state index in [1.54, 1.807) is 0 Å². The summed E-state index contributed by atoms with van der Waals surface area (Å²) in [5.74, 6) is -0.894. The number of ether oxygens (including phenoxy) is 3. The van der Waals surface area contributed by atoms with E-state index in [1.807, 2.05) is 0 Å². The molecule has 46 heavy (non-hydrogen) atoms. The Hall–Kier alpha value is -3.23. The number of hydrogen-bond donors (Lipinski definition) is 1. The van der Waals surface area contributed by atoms with Crippen LogP contribution in [0.2, 0.25) is 5.02 Å². The molecule has 2 N–H and O–H groups in total. The van der Waals surface area contributed by atoms with E-state index >= 15 is 4.39 Å². The summed E-state index contributed by atoms with van der Waals surface area (Å²) in [6, 6.07) is 1.63. The van der Waals surface area contributed by atoms with Crippen molar-refractivity contribution in [3.8, 4) is 23.1 Å². The Balaban J connectivity index is 1.34. The first-order valence-electron chi connectivity index (χ1n) is 15.6. The van der Waals surface area contributed by atoms with Crippen molar-refractivity contribution in [2.75, 3.05) is 50.2 Å². The van der Waals surface area contributed by atoms with Crippen molar-refractivity contribution < 1.29 is 36.2 Å². The van der Waals surface area contributed by atoms with Crippen molar-refractivity contribution in [1.82, 2.24) is 19.9 Å². The average Bonchev–Trinajstić information content (AvgIpc) is 3.49. The lowest BCUT2D eigenvalue weighted by Gasteiger charge is -2.57. The first-order chi connectivity index (χ1) is 22.0. The maximum atomic E-state index is 16.8. The van der Waals surface area contributed by atoms with Crippen LogP contribution in [0.1, 0.15) is 50.5 Å². The highest BCUT2D eigenvalue weighted by Gasteiger charge is 2.52. The molecule has 0 radical (unpaired) electrons. The quantitative estimate of drug-likeness (QED) is 0.268. The highest BCUT2D eigenvalue weighted by Crippen LogP contribution is 2.50. The smallest absolute Gasteiger partial charge is 0.418 e. The van der Waals surface area contributed by atoms with Crippen LogP contribution in [0.5, 0.6) is 11.9 Å². The molecule has 5 aliphatic rings. The van der Waals surface area contributed by atoms with Crippen molar-refractivity contribution in [3.05, 3.63) is 28.5 Å². The molecule has 0 amide bonds. The molecular formula is C31H32ClF5N6O3. The fourth-order valence-corrected chi connectivity index (χ4v) is 8.50. The van der Waals surface area contributed by atoms with E-state index in [4.69, 9.17) is 36.5 Å². The Labute approximate surface area is 266 Å².